The molecule has 0 aliphatic rings. The van der Waals surface area contributed by atoms with Gasteiger partial charge in [0.05, 0.1) is 0 Å². The summed E-state index contributed by atoms with van der Waals surface area (Å²) in [6, 6.07) is 0. The van der Waals surface area contributed by atoms with Crippen molar-refractivity contribution >= 4 is 0 Å². The summed E-state index contributed by atoms with van der Waals surface area (Å²) < 4.78 is 10.2. The highest BCUT2D eigenvalue weighted by Crippen LogP contribution is 2.05. The van der Waals surface area contributed by atoms with Crippen LogP contribution in [0.5, 0.6) is 0 Å². The number of unbranched alkanes of at least 4 members (excludes halogenated alkanes) is 2. The SMILES string of the molecule is C/C=C/[C@@H](OCOC)[C@H](O)/C=C/CCCC. The molecule has 0 bridgehead atoms. The molecule has 0 spiro atoms. The second kappa shape index (κ2) is 10.9. The molecule has 1 N–H and O–H groups in total. The Hall–Kier alpha value is -0.640. The van der Waals surface area contributed by atoms with Crippen LogP contribution in [0, 0.1) is 0 Å². The van der Waals surface area contributed by atoms with E-state index in [1.165, 1.54) is 6.42 Å². The number of methoxy groups -OCH3 is 1. The number of allylic oxidation sites excluding steroid dienone is 2. The Morgan fingerprint density at radius 1 is 1.31 bits per heavy atom. The van der Waals surface area contributed by atoms with Gasteiger partial charge in [-0.2, -0.15) is 0 Å². The average molecular weight is 228 g/mol. The predicted octanol–water partition coefficient (Wildman–Crippen LogP) is 2.66. The summed E-state index contributed by atoms with van der Waals surface area (Å²) in [5, 5.41) is 9.85. The van der Waals surface area contributed by atoms with E-state index in [1.807, 2.05) is 25.2 Å². The maximum absolute atomic E-state index is 9.85. The van der Waals surface area contributed by atoms with Crippen molar-refractivity contribution in [2.75, 3.05) is 13.9 Å². The van der Waals surface area contributed by atoms with Crippen LogP contribution in [-0.2, 0) is 9.47 Å². The molecule has 0 aliphatic heterocycles. The minimum Gasteiger partial charge on any atom is -0.386 e. The summed E-state index contributed by atoms with van der Waals surface area (Å²) in [6.07, 6.45) is 9.86. The van der Waals surface area contributed by atoms with Gasteiger partial charge in [0.25, 0.3) is 0 Å². The molecule has 0 fully saturated rings. The summed E-state index contributed by atoms with van der Waals surface area (Å²) in [5.74, 6) is 0. The van der Waals surface area contributed by atoms with Crippen molar-refractivity contribution in [2.24, 2.45) is 0 Å². The van der Waals surface area contributed by atoms with Crippen molar-refractivity contribution in [1.29, 1.82) is 0 Å². The van der Waals surface area contributed by atoms with E-state index in [9.17, 15) is 5.11 Å². The second-order valence-electron chi connectivity index (χ2n) is 3.62. The van der Waals surface area contributed by atoms with Gasteiger partial charge in [0.1, 0.15) is 19.0 Å². The van der Waals surface area contributed by atoms with Gasteiger partial charge in [0.2, 0.25) is 0 Å². The zero-order valence-electron chi connectivity index (χ0n) is 10.6. The molecule has 0 saturated heterocycles. The fraction of sp³-hybridized carbons (Fsp3) is 0.692. The molecule has 3 heteroatoms. The molecule has 0 aromatic rings. The third-order valence-corrected chi connectivity index (χ3v) is 2.15. The number of hydrogen-bond donors (Lipinski definition) is 1. The average Bonchev–Trinajstić information content (AvgIpc) is 2.29. The van der Waals surface area contributed by atoms with Crippen LogP contribution in [0.2, 0.25) is 0 Å². The Bertz CT molecular complexity index is 199. The van der Waals surface area contributed by atoms with Crippen molar-refractivity contribution in [1.82, 2.24) is 0 Å². The van der Waals surface area contributed by atoms with Gasteiger partial charge in [0.15, 0.2) is 0 Å². The lowest BCUT2D eigenvalue weighted by atomic mass is 10.1. The highest BCUT2D eigenvalue weighted by Gasteiger charge is 2.13. The van der Waals surface area contributed by atoms with Crippen LogP contribution in [0.25, 0.3) is 0 Å². The third kappa shape index (κ3) is 7.63. The van der Waals surface area contributed by atoms with E-state index in [0.717, 1.165) is 12.8 Å². The van der Waals surface area contributed by atoms with Crippen LogP contribution in [0.3, 0.4) is 0 Å². The molecule has 3 nitrogen and oxygen atoms in total. The van der Waals surface area contributed by atoms with E-state index in [2.05, 4.69) is 6.92 Å². The Morgan fingerprint density at radius 3 is 2.62 bits per heavy atom. The number of hydrogen-bond acceptors (Lipinski definition) is 3. The number of aliphatic hydroxyl groups is 1. The molecule has 16 heavy (non-hydrogen) atoms. The van der Waals surface area contributed by atoms with Crippen molar-refractivity contribution in [2.45, 2.75) is 45.3 Å². The fourth-order valence-electron chi connectivity index (χ4n) is 1.27. The van der Waals surface area contributed by atoms with Gasteiger partial charge in [-0.3, -0.25) is 0 Å². The van der Waals surface area contributed by atoms with Gasteiger partial charge in [0, 0.05) is 7.11 Å². The smallest absolute Gasteiger partial charge is 0.147 e. The molecule has 0 aromatic carbocycles. The number of ether oxygens (including phenoxy) is 2. The van der Waals surface area contributed by atoms with Gasteiger partial charge in [-0.1, -0.05) is 44.1 Å². The highest BCUT2D eigenvalue weighted by molar-refractivity contribution is 5.00. The first-order valence-corrected chi connectivity index (χ1v) is 5.84. The lowest BCUT2D eigenvalue weighted by Gasteiger charge is -2.17. The van der Waals surface area contributed by atoms with Gasteiger partial charge >= 0.3 is 0 Å². The van der Waals surface area contributed by atoms with Gasteiger partial charge < -0.3 is 14.6 Å². The van der Waals surface area contributed by atoms with E-state index >= 15 is 0 Å². The van der Waals surface area contributed by atoms with Gasteiger partial charge in [-0.25, -0.2) is 0 Å². The molecule has 94 valence electrons. The molecule has 0 aromatic heterocycles. The fourth-order valence-corrected chi connectivity index (χ4v) is 1.27. The Morgan fingerprint density at radius 2 is 2.06 bits per heavy atom. The van der Waals surface area contributed by atoms with E-state index in [0.29, 0.717) is 0 Å². The largest absolute Gasteiger partial charge is 0.386 e. The lowest BCUT2D eigenvalue weighted by Crippen LogP contribution is -2.26. The molecule has 2 atom stereocenters. The first-order chi connectivity index (χ1) is 7.76. The minimum absolute atomic E-state index is 0.189. The van der Waals surface area contributed by atoms with Crippen molar-refractivity contribution in [3.05, 3.63) is 24.3 Å². The normalized spacial score (nSPS) is 16.0. The van der Waals surface area contributed by atoms with Crippen LogP contribution >= 0.6 is 0 Å². The summed E-state index contributed by atoms with van der Waals surface area (Å²) in [4.78, 5) is 0. The van der Waals surface area contributed by atoms with Gasteiger partial charge in [-0.15, -0.1) is 0 Å². The maximum Gasteiger partial charge on any atom is 0.147 e. The van der Waals surface area contributed by atoms with Gasteiger partial charge in [-0.05, 0) is 13.3 Å². The second-order valence-corrected chi connectivity index (χ2v) is 3.62. The van der Waals surface area contributed by atoms with Crippen molar-refractivity contribution < 1.29 is 14.6 Å². The lowest BCUT2D eigenvalue weighted by molar-refractivity contribution is -0.0833. The van der Waals surface area contributed by atoms with E-state index in [-0.39, 0.29) is 12.9 Å². The number of rotatable bonds is 9. The molecule has 0 aliphatic carbocycles. The molecule has 0 radical (unpaired) electrons. The van der Waals surface area contributed by atoms with Crippen molar-refractivity contribution in [3.63, 3.8) is 0 Å². The highest BCUT2D eigenvalue weighted by atomic mass is 16.7. The first-order valence-electron chi connectivity index (χ1n) is 5.84. The van der Waals surface area contributed by atoms with Crippen LogP contribution in [0.15, 0.2) is 24.3 Å². The predicted molar refractivity (Wildman–Crippen MR) is 66.2 cm³/mol. The molecular weight excluding hydrogens is 204 g/mol. The quantitative estimate of drug-likeness (QED) is 0.374. The molecule has 0 heterocycles. The first kappa shape index (κ1) is 15.4. The molecule has 0 rings (SSSR count). The Labute approximate surface area is 98.8 Å². The van der Waals surface area contributed by atoms with E-state index < -0.39 is 6.10 Å². The van der Waals surface area contributed by atoms with Crippen LogP contribution in [0.1, 0.15) is 33.1 Å². The molecule has 0 saturated carbocycles. The Kier molecular flexibility index (Phi) is 10.4. The molecular formula is C13H24O3. The van der Waals surface area contributed by atoms with E-state index in [1.54, 1.807) is 13.2 Å². The Balaban J connectivity index is 4.04. The molecule has 0 unspecified atom stereocenters. The number of aliphatic hydroxyl groups excluding tert-OH is 1. The van der Waals surface area contributed by atoms with Crippen molar-refractivity contribution in [3.8, 4) is 0 Å². The zero-order valence-corrected chi connectivity index (χ0v) is 10.6. The van der Waals surface area contributed by atoms with Crippen LogP contribution in [-0.4, -0.2) is 31.2 Å². The zero-order chi connectivity index (χ0) is 12.2. The monoisotopic (exact) mass is 228 g/mol. The third-order valence-electron chi connectivity index (χ3n) is 2.15. The van der Waals surface area contributed by atoms with E-state index in [4.69, 9.17) is 9.47 Å². The topological polar surface area (TPSA) is 38.7 Å². The summed E-state index contributed by atoms with van der Waals surface area (Å²) >= 11 is 0. The summed E-state index contributed by atoms with van der Waals surface area (Å²) in [6.45, 7) is 4.24. The summed E-state index contributed by atoms with van der Waals surface area (Å²) in [5.41, 5.74) is 0. The maximum atomic E-state index is 9.85. The molecule has 0 amide bonds. The summed E-state index contributed by atoms with van der Waals surface area (Å²) in [7, 11) is 1.57. The van der Waals surface area contributed by atoms with Crippen LogP contribution in [0.4, 0.5) is 0 Å². The minimum atomic E-state index is -0.608. The standard InChI is InChI=1S/C13H24O3/c1-4-6-7-8-10-12(14)13(9-5-2)16-11-15-3/h5,8-10,12-14H,4,6-7,11H2,1-3H3/b9-5+,10-8+/t12-,13-/m1/s1. The van der Waals surface area contributed by atoms with Crippen LogP contribution < -0.4 is 0 Å².